The Labute approximate surface area is 170 Å². The molecule has 28 heavy (non-hydrogen) atoms. The lowest BCUT2D eigenvalue weighted by Crippen LogP contribution is -2.41. The molecule has 0 fully saturated rings. The van der Waals surface area contributed by atoms with Gasteiger partial charge in [-0.3, -0.25) is 0 Å². The summed E-state index contributed by atoms with van der Waals surface area (Å²) in [5, 5.41) is 3.47. The van der Waals surface area contributed by atoms with Gasteiger partial charge < -0.3 is 15.1 Å². The predicted octanol–water partition coefficient (Wildman–Crippen LogP) is 4.84. The molecule has 2 aromatic rings. The van der Waals surface area contributed by atoms with Gasteiger partial charge in [0, 0.05) is 38.9 Å². The van der Waals surface area contributed by atoms with Crippen molar-refractivity contribution in [3.8, 4) is 0 Å². The van der Waals surface area contributed by atoms with Gasteiger partial charge in [-0.2, -0.15) is 13.2 Å². The van der Waals surface area contributed by atoms with E-state index in [0.29, 0.717) is 18.2 Å². The summed E-state index contributed by atoms with van der Waals surface area (Å²) in [5.41, 5.74) is 2.05. The zero-order valence-corrected chi connectivity index (χ0v) is 16.8. The third-order valence-electron chi connectivity index (χ3n) is 4.31. The monoisotopic (exact) mass is 409 g/mol. The Morgan fingerprint density at radius 1 is 0.964 bits per heavy atom. The molecule has 0 aromatic heterocycles. The van der Waals surface area contributed by atoms with Crippen LogP contribution in [0, 0.1) is 0 Å². The van der Waals surface area contributed by atoms with Crippen LogP contribution in [0.15, 0.2) is 60.7 Å². The van der Waals surface area contributed by atoms with Crippen LogP contribution in [0.2, 0.25) is 0 Å². The number of benzene rings is 2. The first-order valence-electron chi connectivity index (χ1n) is 9.25. The molecule has 2 rings (SSSR count). The van der Waals surface area contributed by atoms with Crippen molar-refractivity contribution < 1.29 is 13.2 Å². The van der Waals surface area contributed by atoms with Crippen molar-refractivity contribution in [2.45, 2.75) is 25.6 Å². The van der Waals surface area contributed by atoms with E-state index in [1.165, 1.54) is 0 Å². The highest BCUT2D eigenvalue weighted by atomic mass is 32.1. The second-order valence-corrected chi connectivity index (χ2v) is 7.00. The highest BCUT2D eigenvalue weighted by Crippen LogP contribution is 2.20. The van der Waals surface area contributed by atoms with Gasteiger partial charge in [0.25, 0.3) is 0 Å². The average Bonchev–Trinajstić information content (AvgIpc) is 2.69. The number of nitrogens with one attached hydrogen (secondary N) is 1. The summed E-state index contributed by atoms with van der Waals surface area (Å²) in [6.45, 7) is 1.62. The summed E-state index contributed by atoms with van der Waals surface area (Å²) >= 11 is 5.37. The maximum atomic E-state index is 12.7. The fourth-order valence-corrected chi connectivity index (χ4v) is 3.01. The van der Waals surface area contributed by atoms with Gasteiger partial charge in [0.05, 0.1) is 6.42 Å². The molecule has 0 radical (unpaired) electrons. The average molecular weight is 410 g/mol. The van der Waals surface area contributed by atoms with Crippen molar-refractivity contribution in [1.29, 1.82) is 0 Å². The van der Waals surface area contributed by atoms with Crippen molar-refractivity contribution >= 4 is 23.0 Å². The predicted molar refractivity (Wildman–Crippen MR) is 112 cm³/mol. The first-order chi connectivity index (χ1) is 13.3. The minimum Gasteiger partial charge on any atom is -0.375 e. The second kappa shape index (κ2) is 10.9. The third kappa shape index (κ3) is 8.17. The molecule has 0 saturated carbocycles. The molecular weight excluding hydrogens is 383 g/mol. The number of rotatable bonds is 9. The summed E-state index contributed by atoms with van der Waals surface area (Å²) in [5.74, 6) is 0. The zero-order valence-electron chi connectivity index (χ0n) is 16.0. The van der Waals surface area contributed by atoms with E-state index in [2.05, 4.69) is 10.2 Å². The minimum atomic E-state index is -4.21. The Hall–Kier alpha value is -2.28. The van der Waals surface area contributed by atoms with Gasteiger partial charge in [-0.1, -0.05) is 48.5 Å². The lowest BCUT2D eigenvalue weighted by atomic mass is 10.2. The van der Waals surface area contributed by atoms with E-state index in [1.807, 2.05) is 67.7 Å². The molecule has 0 amide bonds. The number of nitrogens with zero attached hydrogens (tertiary/aromatic N) is 2. The molecule has 1 N–H and O–H groups in total. The first-order valence-corrected chi connectivity index (χ1v) is 9.65. The van der Waals surface area contributed by atoms with Crippen LogP contribution in [0.4, 0.5) is 18.9 Å². The van der Waals surface area contributed by atoms with E-state index < -0.39 is 12.6 Å². The Kier molecular flexibility index (Phi) is 8.57. The zero-order chi connectivity index (χ0) is 20.4. The summed E-state index contributed by atoms with van der Waals surface area (Å²) in [7, 11) is 2.01. The molecule has 0 saturated heterocycles. The minimum absolute atomic E-state index is 0.159. The summed E-state index contributed by atoms with van der Waals surface area (Å²) < 4.78 is 38.0. The van der Waals surface area contributed by atoms with Gasteiger partial charge >= 0.3 is 6.18 Å². The second-order valence-electron chi connectivity index (χ2n) is 6.61. The Balaban J connectivity index is 1.83. The van der Waals surface area contributed by atoms with Gasteiger partial charge in [-0.25, -0.2) is 0 Å². The van der Waals surface area contributed by atoms with Gasteiger partial charge in [-0.15, -0.1) is 0 Å². The van der Waals surface area contributed by atoms with E-state index in [9.17, 15) is 13.2 Å². The smallest absolute Gasteiger partial charge is 0.375 e. The molecule has 2 aromatic carbocycles. The van der Waals surface area contributed by atoms with Crippen LogP contribution in [0.25, 0.3) is 0 Å². The lowest BCUT2D eigenvalue weighted by molar-refractivity contribution is -0.136. The SMILES string of the molecule is CN(CCCNC(=S)N(CCC(F)(F)F)Cc1ccccc1)c1ccccc1. The van der Waals surface area contributed by atoms with Crippen LogP contribution in [-0.2, 0) is 6.54 Å². The molecular formula is C21H26F3N3S. The summed E-state index contributed by atoms with van der Waals surface area (Å²) in [6.07, 6.45) is -4.27. The molecule has 0 aliphatic rings. The van der Waals surface area contributed by atoms with Gasteiger partial charge in [-0.05, 0) is 36.3 Å². The van der Waals surface area contributed by atoms with Crippen LogP contribution < -0.4 is 10.2 Å². The maximum absolute atomic E-state index is 12.7. The molecule has 0 heterocycles. The fraction of sp³-hybridized carbons (Fsp3) is 0.381. The number of hydrogen-bond donors (Lipinski definition) is 1. The number of thiocarbonyl (C=S) groups is 1. The van der Waals surface area contributed by atoms with Gasteiger partial charge in [0.15, 0.2) is 5.11 Å². The lowest BCUT2D eigenvalue weighted by Gasteiger charge is -2.27. The molecule has 0 atom stereocenters. The Morgan fingerprint density at radius 2 is 1.57 bits per heavy atom. The summed E-state index contributed by atoms with van der Waals surface area (Å²) in [4.78, 5) is 3.72. The molecule has 0 spiro atoms. The number of alkyl halides is 3. The van der Waals surface area contributed by atoms with Crippen molar-refractivity contribution in [3.05, 3.63) is 66.2 Å². The summed E-state index contributed by atoms with van der Waals surface area (Å²) in [6, 6.07) is 19.4. The quantitative estimate of drug-likeness (QED) is 0.472. The Bertz CT molecular complexity index is 708. The van der Waals surface area contributed by atoms with Gasteiger partial charge in [0.1, 0.15) is 0 Å². The normalized spacial score (nSPS) is 11.1. The fourth-order valence-electron chi connectivity index (χ4n) is 2.75. The number of para-hydroxylation sites is 1. The largest absolute Gasteiger partial charge is 0.390 e. The van der Waals surface area contributed by atoms with E-state index in [-0.39, 0.29) is 6.54 Å². The molecule has 0 bridgehead atoms. The molecule has 0 unspecified atom stereocenters. The van der Waals surface area contributed by atoms with Crippen LogP contribution in [0.3, 0.4) is 0 Å². The third-order valence-corrected chi connectivity index (χ3v) is 4.71. The molecule has 7 heteroatoms. The van der Waals surface area contributed by atoms with Gasteiger partial charge in [0.2, 0.25) is 0 Å². The Morgan fingerprint density at radius 3 is 2.18 bits per heavy atom. The van der Waals surface area contributed by atoms with Crippen LogP contribution in [0.1, 0.15) is 18.4 Å². The number of hydrogen-bond acceptors (Lipinski definition) is 2. The standard InChI is InChI=1S/C21H26F3N3S/c1-26(19-11-6-3-7-12-19)15-8-14-25-20(28)27(16-13-21(22,23)24)17-18-9-4-2-5-10-18/h2-7,9-12H,8,13-17H2,1H3,(H,25,28). The molecule has 0 aliphatic heterocycles. The molecule has 3 nitrogen and oxygen atoms in total. The van der Waals surface area contributed by atoms with E-state index in [1.54, 1.807) is 4.90 Å². The highest BCUT2D eigenvalue weighted by molar-refractivity contribution is 7.80. The van der Waals surface area contributed by atoms with Crippen molar-refractivity contribution in [3.63, 3.8) is 0 Å². The number of halogens is 3. The van der Waals surface area contributed by atoms with Crippen molar-refractivity contribution in [2.24, 2.45) is 0 Å². The number of anilines is 1. The van der Waals surface area contributed by atoms with Crippen LogP contribution in [-0.4, -0.2) is 42.9 Å². The van der Waals surface area contributed by atoms with Crippen molar-refractivity contribution in [1.82, 2.24) is 10.2 Å². The topological polar surface area (TPSA) is 18.5 Å². The van der Waals surface area contributed by atoms with E-state index >= 15 is 0 Å². The van der Waals surface area contributed by atoms with E-state index in [0.717, 1.165) is 24.2 Å². The van der Waals surface area contributed by atoms with Crippen LogP contribution in [0.5, 0.6) is 0 Å². The van der Waals surface area contributed by atoms with Crippen LogP contribution >= 0.6 is 12.2 Å². The first kappa shape index (κ1) is 22.0. The molecule has 0 aliphatic carbocycles. The molecule has 152 valence electrons. The van der Waals surface area contributed by atoms with E-state index in [4.69, 9.17) is 12.2 Å². The van der Waals surface area contributed by atoms with Crippen molar-refractivity contribution in [2.75, 3.05) is 31.6 Å². The maximum Gasteiger partial charge on any atom is 0.390 e. The highest BCUT2D eigenvalue weighted by Gasteiger charge is 2.28.